The van der Waals surface area contributed by atoms with Gasteiger partial charge in [-0.25, -0.2) is 4.98 Å². The van der Waals surface area contributed by atoms with Crippen molar-refractivity contribution in [3.63, 3.8) is 0 Å². The van der Waals surface area contributed by atoms with E-state index in [1.54, 1.807) is 27.5 Å². The highest BCUT2D eigenvalue weighted by Crippen LogP contribution is 2.38. The van der Waals surface area contributed by atoms with Gasteiger partial charge in [0, 0.05) is 42.6 Å². The Morgan fingerprint density at radius 2 is 1.77 bits per heavy atom. The molecular formula is C35H37ClN4O4. The number of nitrogens with zero attached hydrogens (tertiary/aromatic N) is 3. The van der Waals surface area contributed by atoms with Gasteiger partial charge in [0.15, 0.2) is 11.5 Å². The van der Waals surface area contributed by atoms with Crippen LogP contribution in [0.5, 0.6) is 17.2 Å². The molecular weight excluding hydrogens is 576 g/mol. The fourth-order valence-electron chi connectivity index (χ4n) is 5.45. The number of halogens is 1. The summed E-state index contributed by atoms with van der Waals surface area (Å²) >= 11 is 6.58. The molecule has 1 unspecified atom stereocenters. The first kappa shape index (κ1) is 30.9. The zero-order chi connectivity index (χ0) is 31.1. The topological polar surface area (TPSA) is 87.0 Å². The number of amides is 1. The normalized spacial score (nSPS) is 11.8. The number of benzene rings is 2. The summed E-state index contributed by atoms with van der Waals surface area (Å²) in [6.45, 7) is 2.45. The number of aromatic nitrogens is 3. The quantitative estimate of drug-likeness (QED) is 0.155. The molecule has 1 N–H and O–H groups in total. The fraction of sp³-hybridized carbons (Fsp3) is 0.286. The lowest BCUT2D eigenvalue weighted by atomic mass is 9.96. The van der Waals surface area contributed by atoms with Crippen LogP contribution < -0.4 is 19.5 Å². The monoisotopic (exact) mass is 612 g/mol. The smallest absolute Gasteiger partial charge is 0.220 e. The SMILES string of the molecule is COc1ccc(-c2cccnc2)cc1Cc1c(CNC(=O)CCC(C)Cc2ccc(OC)c(OC)c2Cl)nc2ccccn12. The van der Waals surface area contributed by atoms with Crippen LogP contribution in [0.25, 0.3) is 16.8 Å². The van der Waals surface area contributed by atoms with Gasteiger partial charge in [-0.1, -0.05) is 42.8 Å². The van der Waals surface area contributed by atoms with Gasteiger partial charge in [0.05, 0.1) is 44.3 Å². The zero-order valence-electron chi connectivity index (χ0n) is 25.5. The maximum absolute atomic E-state index is 13.0. The van der Waals surface area contributed by atoms with E-state index in [1.165, 1.54) is 0 Å². The Morgan fingerprint density at radius 1 is 0.955 bits per heavy atom. The molecule has 0 radical (unpaired) electrons. The Balaban J connectivity index is 1.27. The predicted molar refractivity (Wildman–Crippen MR) is 173 cm³/mol. The first-order valence-electron chi connectivity index (χ1n) is 14.6. The minimum absolute atomic E-state index is 0.0191. The van der Waals surface area contributed by atoms with E-state index in [0.717, 1.165) is 51.5 Å². The molecule has 0 aliphatic carbocycles. The van der Waals surface area contributed by atoms with Crippen LogP contribution in [0.3, 0.4) is 0 Å². The van der Waals surface area contributed by atoms with Crippen LogP contribution in [0.4, 0.5) is 0 Å². The number of hydrogen-bond donors (Lipinski definition) is 1. The molecule has 5 rings (SSSR count). The highest BCUT2D eigenvalue weighted by Gasteiger charge is 2.18. The van der Waals surface area contributed by atoms with E-state index < -0.39 is 0 Å². The van der Waals surface area contributed by atoms with Crippen LogP contribution in [0.15, 0.2) is 79.3 Å². The standard InChI is InChI=1S/C35H37ClN4O4/c1-23(18-25-12-14-31(43-3)35(44-4)34(25)36)10-15-33(41)38-22-28-29(40-17-6-5-9-32(40)39-28)20-27-19-24(11-13-30(27)42-2)26-8-7-16-37-21-26/h5-9,11-14,16-17,19,21,23H,10,15,18,20,22H2,1-4H3,(H,38,41). The largest absolute Gasteiger partial charge is 0.496 e. The second-order valence-corrected chi connectivity index (χ2v) is 11.2. The molecule has 3 heterocycles. The number of fused-ring (bicyclic) bond motifs is 1. The third-order valence-electron chi connectivity index (χ3n) is 7.80. The number of methoxy groups -OCH3 is 3. The van der Waals surface area contributed by atoms with Crippen LogP contribution in [0, 0.1) is 5.92 Å². The minimum atomic E-state index is -0.0191. The number of rotatable bonds is 13. The summed E-state index contributed by atoms with van der Waals surface area (Å²) in [5.41, 5.74) is 6.73. The summed E-state index contributed by atoms with van der Waals surface area (Å²) in [4.78, 5) is 22.1. The summed E-state index contributed by atoms with van der Waals surface area (Å²) < 4.78 is 18.6. The molecule has 44 heavy (non-hydrogen) atoms. The molecule has 9 heteroatoms. The van der Waals surface area contributed by atoms with Crippen LogP contribution in [-0.4, -0.2) is 41.6 Å². The van der Waals surface area contributed by atoms with Crippen molar-refractivity contribution in [2.75, 3.05) is 21.3 Å². The molecule has 0 spiro atoms. The summed E-state index contributed by atoms with van der Waals surface area (Å²) in [7, 11) is 4.84. The van der Waals surface area contributed by atoms with E-state index in [-0.39, 0.29) is 11.8 Å². The van der Waals surface area contributed by atoms with Crippen molar-refractivity contribution in [2.24, 2.45) is 5.92 Å². The molecule has 3 aromatic heterocycles. The number of ether oxygens (including phenoxy) is 3. The van der Waals surface area contributed by atoms with Gasteiger partial charge in [-0.3, -0.25) is 9.78 Å². The molecule has 1 atom stereocenters. The van der Waals surface area contributed by atoms with Crippen LogP contribution in [0.1, 0.15) is 42.3 Å². The second kappa shape index (κ2) is 14.3. The van der Waals surface area contributed by atoms with Gasteiger partial charge in [0.2, 0.25) is 5.91 Å². The van der Waals surface area contributed by atoms with Crippen molar-refractivity contribution >= 4 is 23.2 Å². The van der Waals surface area contributed by atoms with Crippen molar-refractivity contribution < 1.29 is 19.0 Å². The Hall–Kier alpha value is -4.56. The third kappa shape index (κ3) is 6.97. The Morgan fingerprint density at radius 3 is 2.52 bits per heavy atom. The predicted octanol–water partition coefficient (Wildman–Crippen LogP) is 6.94. The molecule has 2 aromatic carbocycles. The number of imidazole rings is 1. The Bertz CT molecular complexity index is 1740. The maximum Gasteiger partial charge on any atom is 0.220 e. The lowest BCUT2D eigenvalue weighted by Crippen LogP contribution is -2.24. The van der Waals surface area contributed by atoms with Gasteiger partial charge in [0.25, 0.3) is 0 Å². The van der Waals surface area contributed by atoms with E-state index >= 15 is 0 Å². The lowest BCUT2D eigenvalue weighted by molar-refractivity contribution is -0.121. The van der Waals surface area contributed by atoms with Crippen molar-refractivity contribution in [1.29, 1.82) is 0 Å². The number of nitrogens with one attached hydrogen (secondary N) is 1. The van der Waals surface area contributed by atoms with E-state index in [0.29, 0.717) is 42.3 Å². The first-order chi connectivity index (χ1) is 21.4. The maximum atomic E-state index is 13.0. The van der Waals surface area contributed by atoms with Gasteiger partial charge in [-0.15, -0.1) is 0 Å². The highest BCUT2D eigenvalue weighted by atomic mass is 35.5. The average Bonchev–Trinajstić information content (AvgIpc) is 3.40. The van der Waals surface area contributed by atoms with Gasteiger partial charge in [0.1, 0.15) is 11.4 Å². The van der Waals surface area contributed by atoms with Crippen molar-refractivity contribution in [3.05, 3.63) is 107 Å². The molecule has 228 valence electrons. The van der Waals surface area contributed by atoms with Crippen molar-refractivity contribution in [1.82, 2.24) is 19.7 Å². The number of hydrogen-bond acceptors (Lipinski definition) is 6. The van der Waals surface area contributed by atoms with Crippen molar-refractivity contribution in [2.45, 2.75) is 39.2 Å². The van der Waals surface area contributed by atoms with Crippen LogP contribution >= 0.6 is 11.6 Å². The van der Waals surface area contributed by atoms with E-state index in [1.807, 2.05) is 67.0 Å². The molecule has 0 saturated carbocycles. The van der Waals surface area contributed by atoms with Gasteiger partial charge in [-0.2, -0.15) is 0 Å². The summed E-state index contributed by atoms with van der Waals surface area (Å²) in [6.07, 6.45) is 8.04. The molecule has 0 aliphatic heterocycles. The highest BCUT2D eigenvalue weighted by molar-refractivity contribution is 6.33. The van der Waals surface area contributed by atoms with Gasteiger partial charge >= 0.3 is 0 Å². The fourth-order valence-corrected chi connectivity index (χ4v) is 5.76. The van der Waals surface area contributed by atoms with E-state index in [9.17, 15) is 4.79 Å². The Labute approximate surface area is 263 Å². The van der Waals surface area contributed by atoms with E-state index in [2.05, 4.69) is 27.7 Å². The molecule has 8 nitrogen and oxygen atoms in total. The minimum Gasteiger partial charge on any atom is -0.496 e. The van der Waals surface area contributed by atoms with E-state index in [4.69, 9.17) is 30.8 Å². The first-order valence-corrected chi connectivity index (χ1v) is 15.0. The number of carbonyl (C=O) groups excluding carboxylic acids is 1. The van der Waals surface area contributed by atoms with Crippen molar-refractivity contribution in [3.8, 4) is 28.4 Å². The van der Waals surface area contributed by atoms with Gasteiger partial charge in [-0.05, 0) is 66.3 Å². The average molecular weight is 613 g/mol. The molecule has 5 aromatic rings. The van der Waals surface area contributed by atoms with Gasteiger partial charge < -0.3 is 23.9 Å². The molecule has 0 bridgehead atoms. The number of carbonyl (C=O) groups is 1. The van der Waals surface area contributed by atoms with Crippen LogP contribution in [0.2, 0.25) is 5.02 Å². The molecule has 0 fully saturated rings. The molecule has 1 amide bonds. The molecule has 0 saturated heterocycles. The summed E-state index contributed by atoms with van der Waals surface area (Å²) in [5, 5.41) is 3.65. The summed E-state index contributed by atoms with van der Waals surface area (Å²) in [6, 6.07) is 19.8. The number of pyridine rings is 2. The third-order valence-corrected chi connectivity index (χ3v) is 8.21. The lowest BCUT2D eigenvalue weighted by Gasteiger charge is -2.16. The second-order valence-electron chi connectivity index (χ2n) is 10.8. The molecule has 0 aliphatic rings. The summed E-state index contributed by atoms with van der Waals surface area (Å²) in [5.74, 6) is 2.14. The zero-order valence-corrected chi connectivity index (χ0v) is 26.2. The van der Waals surface area contributed by atoms with Crippen LogP contribution in [-0.2, 0) is 24.2 Å². The Kier molecular flexibility index (Phi) is 10.0.